The molecule has 0 unspecified atom stereocenters. The fraction of sp³-hybridized carbons (Fsp3) is 0.200. The van der Waals surface area contributed by atoms with Gasteiger partial charge in [-0.3, -0.25) is 0 Å². The van der Waals surface area contributed by atoms with Gasteiger partial charge < -0.3 is 14.6 Å². The molecular weight excluding hydrogens is 316 g/mol. The molecule has 0 radical (unpaired) electrons. The molecule has 3 aromatic rings. The van der Waals surface area contributed by atoms with Gasteiger partial charge in [0.15, 0.2) is 11.5 Å². The first-order chi connectivity index (χ1) is 11.2. The molecule has 2 aromatic heterocycles. The molecule has 0 aliphatic carbocycles. The number of carbonyl (C=O) groups excluding carboxylic acids is 1. The highest BCUT2D eigenvalue weighted by atomic mass is 32.2. The number of hydrogen-bond donors (Lipinski definition) is 0. The summed E-state index contributed by atoms with van der Waals surface area (Å²) in [6.45, 7) is 2.53. The number of fused-ring (bicyclic) bond motifs is 1. The van der Waals surface area contributed by atoms with Gasteiger partial charge in [0.1, 0.15) is 10.8 Å². The molecule has 2 heterocycles. The van der Waals surface area contributed by atoms with E-state index in [2.05, 4.69) is 15.3 Å². The van der Waals surface area contributed by atoms with E-state index in [1.165, 1.54) is 0 Å². The van der Waals surface area contributed by atoms with Crippen LogP contribution in [0.2, 0.25) is 0 Å². The summed E-state index contributed by atoms with van der Waals surface area (Å²) >= 11 is 1.09. The summed E-state index contributed by atoms with van der Waals surface area (Å²) < 4.78 is 7.01. The van der Waals surface area contributed by atoms with E-state index in [1.807, 2.05) is 31.2 Å². The molecule has 8 heteroatoms. The second-order valence-corrected chi connectivity index (χ2v) is 5.58. The minimum Gasteiger partial charge on any atom is -0.549 e. The van der Waals surface area contributed by atoms with E-state index in [0.29, 0.717) is 23.1 Å². The molecule has 0 saturated carbocycles. The van der Waals surface area contributed by atoms with E-state index in [-0.39, 0.29) is 5.75 Å². The van der Waals surface area contributed by atoms with Gasteiger partial charge in [-0.2, -0.15) is 9.61 Å². The molecule has 0 aliphatic heterocycles. The van der Waals surface area contributed by atoms with Crippen LogP contribution in [-0.4, -0.2) is 38.1 Å². The molecule has 0 spiro atoms. The zero-order chi connectivity index (χ0) is 16.2. The van der Waals surface area contributed by atoms with Gasteiger partial charge in [0.25, 0.3) is 0 Å². The normalized spacial score (nSPS) is 10.8. The molecule has 0 atom stereocenters. The van der Waals surface area contributed by atoms with E-state index in [4.69, 9.17) is 4.74 Å². The number of carboxylic acid groups (broad SMARTS) is 1. The van der Waals surface area contributed by atoms with Gasteiger partial charge in [0.2, 0.25) is 0 Å². The number of carbonyl (C=O) groups is 1. The number of rotatable bonds is 6. The lowest BCUT2D eigenvalue weighted by atomic mass is 10.2. The molecule has 3 rings (SSSR count). The Balaban J connectivity index is 1.93. The van der Waals surface area contributed by atoms with Crippen LogP contribution in [0.5, 0.6) is 5.75 Å². The van der Waals surface area contributed by atoms with Crippen LogP contribution in [0.3, 0.4) is 0 Å². The van der Waals surface area contributed by atoms with Crippen LogP contribution in [0.25, 0.3) is 17.0 Å². The Hall–Kier alpha value is -2.61. The molecule has 0 fully saturated rings. The van der Waals surface area contributed by atoms with Crippen molar-refractivity contribution in [3.63, 3.8) is 0 Å². The lowest BCUT2D eigenvalue weighted by Crippen LogP contribution is -2.24. The monoisotopic (exact) mass is 329 g/mol. The van der Waals surface area contributed by atoms with Crippen molar-refractivity contribution < 1.29 is 14.6 Å². The maximum absolute atomic E-state index is 10.6. The molecule has 7 nitrogen and oxygen atoms in total. The van der Waals surface area contributed by atoms with Crippen LogP contribution in [0.4, 0.5) is 0 Å². The smallest absolute Gasteiger partial charge is 0.185 e. The number of benzene rings is 1. The van der Waals surface area contributed by atoms with E-state index in [9.17, 15) is 9.90 Å². The maximum Gasteiger partial charge on any atom is 0.185 e. The van der Waals surface area contributed by atoms with Crippen molar-refractivity contribution in [3.05, 3.63) is 36.4 Å². The lowest BCUT2D eigenvalue weighted by molar-refractivity contribution is -0.301. The highest BCUT2D eigenvalue weighted by Crippen LogP contribution is 2.22. The third-order valence-electron chi connectivity index (χ3n) is 3.00. The predicted octanol–water partition coefficient (Wildman–Crippen LogP) is 1.03. The fourth-order valence-electron chi connectivity index (χ4n) is 2.03. The summed E-state index contributed by atoms with van der Waals surface area (Å²) in [6.07, 6.45) is 0. The lowest BCUT2D eigenvalue weighted by Gasteiger charge is -2.05. The topological polar surface area (TPSA) is 92.4 Å². The molecule has 0 N–H and O–H groups in total. The zero-order valence-electron chi connectivity index (χ0n) is 12.3. The fourth-order valence-corrected chi connectivity index (χ4v) is 2.60. The van der Waals surface area contributed by atoms with Crippen LogP contribution in [0.1, 0.15) is 6.92 Å². The van der Waals surface area contributed by atoms with Gasteiger partial charge in [-0.25, -0.2) is 0 Å². The van der Waals surface area contributed by atoms with Crippen molar-refractivity contribution >= 4 is 23.4 Å². The van der Waals surface area contributed by atoms with Crippen LogP contribution >= 0.6 is 11.8 Å². The summed E-state index contributed by atoms with van der Waals surface area (Å²) in [7, 11) is 0. The van der Waals surface area contributed by atoms with Crippen LogP contribution in [-0.2, 0) is 4.79 Å². The van der Waals surface area contributed by atoms with Gasteiger partial charge in [-0.05, 0) is 43.3 Å². The maximum atomic E-state index is 10.6. The molecule has 0 aliphatic rings. The van der Waals surface area contributed by atoms with E-state index in [0.717, 1.165) is 23.1 Å². The van der Waals surface area contributed by atoms with Crippen molar-refractivity contribution in [2.75, 3.05) is 12.4 Å². The zero-order valence-corrected chi connectivity index (χ0v) is 13.1. The average molecular weight is 329 g/mol. The van der Waals surface area contributed by atoms with Crippen molar-refractivity contribution in [2.45, 2.75) is 11.9 Å². The molecule has 0 amide bonds. The average Bonchev–Trinajstić information content (AvgIpc) is 2.97. The SMILES string of the molecule is CCOc1ccc(-c2nnc3ccc(SCC(=O)[O-])nn23)cc1. The number of aromatic nitrogens is 4. The van der Waals surface area contributed by atoms with Crippen molar-refractivity contribution in [1.82, 2.24) is 19.8 Å². The molecule has 0 bridgehead atoms. The first kappa shape index (κ1) is 15.3. The number of thioether (sulfide) groups is 1. The van der Waals surface area contributed by atoms with E-state index in [1.54, 1.807) is 16.6 Å². The number of carboxylic acids is 1. The minimum absolute atomic E-state index is 0.154. The van der Waals surface area contributed by atoms with Crippen LogP contribution in [0.15, 0.2) is 41.4 Å². The second kappa shape index (κ2) is 6.66. The van der Waals surface area contributed by atoms with E-state index >= 15 is 0 Å². The van der Waals surface area contributed by atoms with Crippen molar-refractivity contribution in [2.24, 2.45) is 0 Å². The molecule has 118 valence electrons. The quantitative estimate of drug-likeness (QED) is 0.624. The highest BCUT2D eigenvalue weighted by molar-refractivity contribution is 7.99. The summed E-state index contributed by atoms with van der Waals surface area (Å²) in [5.74, 6) is 0.0773. The van der Waals surface area contributed by atoms with Gasteiger partial charge >= 0.3 is 0 Å². The van der Waals surface area contributed by atoms with E-state index < -0.39 is 5.97 Å². The summed E-state index contributed by atoms with van der Waals surface area (Å²) in [6, 6.07) is 10.9. The number of ether oxygens (including phenoxy) is 1. The molecule has 23 heavy (non-hydrogen) atoms. The first-order valence-corrected chi connectivity index (χ1v) is 7.94. The van der Waals surface area contributed by atoms with Crippen molar-refractivity contribution in [3.8, 4) is 17.1 Å². The third kappa shape index (κ3) is 3.42. The Morgan fingerprint density at radius 1 is 1.22 bits per heavy atom. The number of nitrogens with zero attached hydrogens (tertiary/aromatic N) is 4. The number of hydrogen-bond acceptors (Lipinski definition) is 7. The van der Waals surface area contributed by atoms with Gasteiger partial charge in [-0.15, -0.1) is 10.2 Å². The largest absolute Gasteiger partial charge is 0.549 e. The third-order valence-corrected chi connectivity index (χ3v) is 3.89. The minimum atomic E-state index is -1.13. The highest BCUT2D eigenvalue weighted by Gasteiger charge is 2.10. The van der Waals surface area contributed by atoms with Crippen molar-refractivity contribution in [1.29, 1.82) is 0 Å². The van der Waals surface area contributed by atoms with Gasteiger partial charge in [0.05, 0.1) is 12.6 Å². The Labute approximate surface area is 136 Å². The standard InChI is InChI=1S/C15H14N4O3S/c1-2-22-11-5-3-10(4-6-11)15-17-16-12-7-8-13(18-19(12)15)23-9-14(20)21/h3-8H,2,9H2,1H3,(H,20,21)/p-1. The summed E-state index contributed by atoms with van der Waals surface area (Å²) in [5.41, 5.74) is 1.43. The van der Waals surface area contributed by atoms with Gasteiger partial charge in [-0.1, -0.05) is 11.8 Å². The number of aliphatic carboxylic acids is 1. The predicted molar refractivity (Wildman–Crippen MR) is 83.1 cm³/mol. The first-order valence-electron chi connectivity index (χ1n) is 6.95. The Kier molecular flexibility index (Phi) is 4.42. The van der Waals surface area contributed by atoms with Crippen LogP contribution in [0, 0.1) is 0 Å². The Morgan fingerprint density at radius 3 is 2.70 bits per heavy atom. The molecule has 1 aromatic carbocycles. The van der Waals surface area contributed by atoms with Gasteiger partial charge in [0, 0.05) is 11.3 Å². The van der Waals surface area contributed by atoms with Crippen LogP contribution < -0.4 is 9.84 Å². The summed E-state index contributed by atoms with van der Waals surface area (Å²) in [4.78, 5) is 10.6. The molecular formula is C15H13N4O3S-. The summed E-state index contributed by atoms with van der Waals surface area (Å²) in [5, 5.41) is 23.7. The Bertz CT molecular complexity index is 832. The Morgan fingerprint density at radius 2 is 2.00 bits per heavy atom. The molecule has 0 saturated heterocycles. The second-order valence-electron chi connectivity index (χ2n) is 4.58.